The molecule has 0 aliphatic heterocycles. The number of aryl methyl sites for hydroxylation is 2. The predicted octanol–water partition coefficient (Wildman–Crippen LogP) is 2.95. The van der Waals surface area contributed by atoms with E-state index in [4.69, 9.17) is 0 Å². The number of halogens is 1. The minimum atomic E-state index is 0.779. The van der Waals surface area contributed by atoms with Gasteiger partial charge in [0.2, 0.25) is 5.78 Å². The number of hydrogen-bond donors (Lipinski definition) is 0. The van der Waals surface area contributed by atoms with Gasteiger partial charge in [0, 0.05) is 17.9 Å². The van der Waals surface area contributed by atoms with Gasteiger partial charge in [0.05, 0.1) is 5.69 Å². The van der Waals surface area contributed by atoms with Crippen LogP contribution in [0.3, 0.4) is 0 Å². The second-order valence-corrected chi connectivity index (χ2v) is 5.24. The largest absolute Gasteiger partial charge is 0.298 e. The lowest BCUT2D eigenvalue weighted by atomic mass is 10.3. The predicted molar refractivity (Wildman–Crippen MR) is 76.8 cm³/mol. The highest BCUT2D eigenvalue weighted by molar-refractivity contribution is 9.10. The smallest absolute Gasteiger partial charge is 0.235 e. The molecule has 2 aromatic heterocycles. The van der Waals surface area contributed by atoms with E-state index < -0.39 is 0 Å². The molecule has 0 radical (unpaired) electrons. The van der Waals surface area contributed by atoms with Crippen molar-refractivity contribution in [3.63, 3.8) is 0 Å². The van der Waals surface area contributed by atoms with E-state index in [0.29, 0.717) is 0 Å². The maximum Gasteiger partial charge on any atom is 0.235 e. The molecule has 18 heavy (non-hydrogen) atoms. The summed E-state index contributed by atoms with van der Waals surface area (Å²) < 4.78 is 3.08. The molecule has 0 saturated carbocycles. The first kappa shape index (κ1) is 13.5. The summed E-state index contributed by atoms with van der Waals surface area (Å²) in [6.45, 7) is 11.3. The Morgan fingerprint density at radius 1 is 1.22 bits per heavy atom. The van der Waals surface area contributed by atoms with Crippen molar-refractivity contribution in [3.8, 4) is 0 Å². The van der Waals surface area contributed by atoms with Gasteiger partial charge in [-0.25, -0.2) is 9.97 Å². The summed E-state index contributed by atoms with van der Waals surface area (Å²) in [5, 5.41) is 0. The maximum absolute atomic E-state index is 4.63. The highest BCUT2D eigenvalue weighted by Crippen LogP contribution is 2.21. The van der Waals surface area contributed by atoms with Crippen LogP contribution in [0.15, 0.2) is 10.7 Å². The molecule has 0 spiro atoms. The van der Waals surface area contributed by atoms with Crippen molar-refractivity contribution in [2.75, 3.05) is 13.1 Å². The van der Waals surface area contributed by atoms with Gasteiger partial charge in [0.25, 0.3) is 0 Å². The summed E-state index contributed by atoms with van der Waals surface area (Å²) >= 11 is 3.65. The van der Waals surface area contributed by atoms with Gasteiger partial charge in [-0.1, -0.05) is 13.8 Å². The molecule has 2 aromatic rings. The zero-order valence-electron chi connectivity index (χ0n) is 11.4. The average molecular weight is 311 g/mol. The van der Waals surface area contributed by atoms with E-state index in [1.54, 1.807) is 0 Å². The molecule has 0 bridgehead atoms. The SMILES string of the molecule is CCN(CC)Cc1nc2nc(C)cc(C)n2c1Br. The van der Waals surface area contributed by atoms with Gasteiger partial charge in [-0.2, -0.15) is 0 Å². The first-order valence-electron chi connectivity index (χ1n) is 6.30. The van der Waals surface area contributed by atoms with E-state index >= 15 is 0 Å². The second-order valence-electron chi connectivity index (χ2n) is 4.49. The summed E-state index contributed by atoms with van der Waals surface area (Å²) in [5.41, 5.74) is 3.22. The molecule has 0 unspecified atom stereocenters. The van der Waals surface area contributed by atoms with Crippen molar-refractivity contribution in [2.45, 2.75) is 34.2 Å². The van der Waals surface area contributed by atoms with Gasteiger partial charge in [0.1, 0.15) is 4.60 Å². The summed E-state index contributed by atoms with van der Waals surface area (Å²) in [6.07, 6.45) is 0. The molecule has 4 nitrogen and oxygen atoms in total. The van der Waals surface area contributed by atoms with Crippen LogP contribution < -0.4 is 0 Å². The molecule has 0 amide bonds. The second kappa shape index (κ2) is 5.36. The Bertz CT molecular complexity index is 558. The maximum atomic E-state index is 4.63. The van der Waals surface area contributed by atoms with Crippen LogP contribution in [-0.2, 0) is 6.54 Å². The van der Waals surface area contributed by atoms with Crippen molar-refractivity contribution in [1.29, 1.82) is 0 Å². The minimum Gasteiger partial charge on any atom is -0.298 e. The number of aromatic nitrogens is 3. The Morgan fingerprint density at radius 3 is 2.50 bits per heavy atom. The minimum absolute atomic E-state index is 0.779. The van der Waals surface area contributed by atoms with E-state index in [1.807, 2.05) is 6.92 Å². The molecule has 0 aromatic carbocycles. The first-order valence-corrected chi connectivity index (χ1v) is 7.09. The molecular weight excluding hydrogens is 292 g/mol. The van der Waals surface area contributed by atoms with E-state index in [1.165, 1.54) is 0 Å². The number of hydrogen-bond acceptors (Lipinski definition) is 3. The third-order valence-electron chi connectivity index (χ3n) is 3.18. The molecule has 2 heterocycles. The first-order chi connectivity index (χ1) is 8.56. The Morgan fingerprint density at radius 2 is 1.89 bits per heavy atom. The monoisotopic (exact) mass is 310 g/mol. The molecule has 2 rings (SSSR count). The van der Waals surface area contributed by atoms with E-state index in [9.17, 15) is 0 Å². The molecule has 98 valence electrons. The van der Waals surface area contributed by atoms with Gasteiger partial charge < -0.3 is 0 Å². The number of nitrogens with zero attached hydrogens (tertiary/aromatic N) is 4. The topological polar surface area (TPSA) is 33.4 Å². The van der Waals surface area contributed by atoms with Crippen molar-refractivity contribution in [3.05, 3.63) is 27.8 Å². The van der Waals surface area contributed by atoms with Crippen LogP contribution in [0.5, 0.6) is 0 Å². The van der Waals surface area contributed by atoms with Crippen LogP contribution in [-0.4, -0.2) is 32.4 Å². The third kappa shape index (κ3) is 2.42. The number of imidazole rings is 1. The van der Waals surface area contributed by atoms with E-state index in [2.05, 4.69) is 62.0 Å². The van der Waals surface area contributed by atoms with Crippen LogP contribution in [0.25, 0.3) is 5.78 Å². The fraction of sp³-hybridized carbons (Fsp3) is 0.538. The fourth-order valence-corrected chi connectivity index (χ4v) is 2.79. The zero-order chi connectivity index (χ0) is 13.3. The number of fused-ring (bicyclic) bond motifs is 1. The molecule has 0 fully saturated rings. The summed E-state index contributed by atoms with van der Waals surface area (Å²) in [7, 11) is 0. The Kier molecular flexibility index (Phi) is 4.02. The quantitative estimate of drug-likeness (QED) is 0.870. The van der Waals surface area contributed by atoms with Crippen molar-refractivity contribution in [1.82, 2.24) is 19.3 Å². The molecule has 0 aliphatic carbocycles. The molecule has 0 saturated heterocycles. The summed E-state index contributed by atoms with van der Waals surface area (Å²) in [4.78, 5) is 11.5. The normalized spacial score (nSPS) is 11.7. The van der Waals surface area contributed by atoms with Crippen molar-refractivity contribution in [2.24, 2.45) is 0 Å². The Hall–Kier alpha value is -0.940. The lowest BCUT2D eigenvalue weighted by Crippen LogP contribution is -2.22. The molecular formula is C13H19BrN4. The van der Waals surface area contributed by atoms with Gasteiger partial charge in [-0.15, -0.1) is 0 Å². The van der Waals surface area contributed by atoms with Crippen molar-refractivity contribution >= 4 is 21.7 Å². The third-order valence-corrected chi connectivity index (χ3v) is 4.00. The van der Waals surface area contributed by atoms with Crippen molar-refractivity contribution < 1.29 is 0 Å². The van der Waals surface area contributed by atoms with E-state index in [-0.39, 0.29) is 0 Å². The highest BCUT2D eigenvalue weighted by atomic mass is 79.9. The van der Waals surface area contributed by atoms with Crippen LogP contribution in [0, 0.1) is 13.8 Å². The van der Waals surface area contributed by atoms with E-state index in [0.717, 1.165) is 47.1 Å². The van der Waals surface area contributed by atoms with Gasteiger partial charge in [-0.3, -0.25) is 9.30 Å². The molecule has 0 N–H and O–H groups in total. The lowest BCUT2D eigenvalue weighted by molar-refractivity contribution is 0.292. The average Bonchev–Trinajstić information content (AvgIpc) is 2.62. The highest BCUT2D eigenvalue weighted by Gasteiger charge is 2.14. The van der Waals surface area contributed by atoms with Crippen LogP contribution in [0.2, 0.25) is 0 Å². The molecule has 5 heteroatoms. The fourth-order valence-electron chi connectivity index (χ4n) is 2.14. The van der Waals surface area contributed by atoms with Crippen LogP contribution in [0.1, 0.15) is 30.9 Å². The lowest BCUT2D eigenvalue weighted by Gasteiger charge is -2.16. The Labute approximate surface area is 116 Å². The molecule has 0 atom stereocenters. The molecule has 0 aliphatic rings. The summed E-state index contributed by atoms with van der Waals surface area (Å²) in [6, 6.07) is 2.07. The number of rotatable bonds is 4. The standard InChI is InChI=1S/C13H19BrN4/c1-5-17(6-2)8-11-12(14)18-10(4)7-9(3)15-13(18)16-11/h7H,5-6,8H2,1-4H3. The van der Waals surface area contributed by atoms with Crippen LogP contribution >= 0.6 is 15.9 Å². The summed E-state index contributed by atoms with van der Waals surface area (Å²) in [5.74, 6) is 0.779. The van der Waals surface area contributed by atoms with Gasteiger partial charge in [0.15, 0.2) is 0 Å². The van der Waals surface area contributed by atoms with Gasteiger partial charge in [-0.05, 0) is 48.9 Å². The Balaban J connectivity index is 2.47. The van der Waals surface area contributed by atoms with Crippen LogP contribution in [0.4, 0.5) is 0 Å². The zero-order valence-corrected chi connectivity index (χ0v) is 13.0. The van der Waals surface area contributed by atoms with Gasteiger partial charge >= 0.3 is 0 Å².